The van der Waals surface area contributed by atoms with Crippen molar-refractivity contribution in [2.45, 2.75) is 81.9 Å². The summed E-state index contributed by atoms with van der Waals surface area (Å²) in [6.07, 6.45) is 1.50. The highest BCUT2D eigenvalue weighted by Crippen LogP contribution is 2.34. The molecule has 0 unspecified atom stereocenters. The highest BCUT2D eigenvalue weighted by atomic mass is 32.2. The molecular weight excluding hydrogens is 402 g/mol. The van der Waals surface area contributed by atoms with Crippen molar-refractivity contribution in [2.24, 2.45) is 0 Å². The maximum atomic E-state index is 13.2. The van der Waals surface area contributed by atoms with Gasteiger partial charge < -0.3 is 20.1 Å². The molecule has 0 bridgehead atoms. The average molecular weight is 432 g/mol. The second kappa shape index (κ2) is 7.75. The van der Waals surface area contributed by atoms with E-state index in [1.807, 2.05) is 0 Å². The summed E-state index contributed by atoms with van der Waals surface area (Å²) in [6, 6.07) is -2.55. The van der Waals surface area contributed by atoms with Crippen molar-refractivity contribution in [1.29, 1.82) is 0 Å². The third kappa shape index (κ3) is 4.82. The van der Waals surface area contributed by atoms with Gasteiger partial charge in [0.2, 0.25) is 15.9 Å². The number of hydrogen-bond acceptors (Lipinski definition) is 6. The van der Waals surface area contributed by atoms with Crippen LogP contribution in [0.3, 0.4) is 0 Å². The Morgan fingerprint density at radius 2 is 1.79 bits per heavy atom. The van der Waals surface area contributed by atoms with Crippen LogP contribution in [0.4, 0.5) is 4.79 Å². The summed E-state index contributed by atoms with van der Waals surface area (Å²) >= 11 is 0. The number of nitrogens with zero attached hydrogens (tertiary/aromatic N) is 2. The minimum Gasteiger partial charge on any atom is -0.480 e. The van der Waals surface area contributed by atoms with E-state index < -0.39 is 50.9 Å². The van der Waals surface area contributed by atoms with Gasteiger partial charge in [-0.2, -0.15) is 4.31 Å². The van der Waals surface area contributed by atoms with Crippen LogP contribution < -0.4 is 5.32 Å². The number of carbonyl (C=O) groups is 3. The predicted molar refractivity (Wildman–Crippen MR) is 103 cm³/mol. The molecule has 29 heavy (non-hydrogen) atoms. The van der Waals surface area contributed by atoms with Crippen LogP contribution in [0.5, 0.6) is 0 Å². The largest absolute Gasteiger partial charge is 0.480 e. The van der Waals surface area contributed by atoms with Crippen LogP contribution in [0.2, 0.25) is 0 Å². The molecule has 3 atom stereocenters. The van der Waals surface area contributed by atoms with Crippen LogP contribution in [-0.4, -0.2) is 82.8 Å². The van der Waals surface area contributed by atoms with E-state index in [1.165, 1.54) is 9.21 Å². The quantitative estimate of drug-likeness (QED) is 0.663. The number of amides is 2. The number of carbonyl (C=O) groups excluding carboxylic acids is 2. The van der Waals surface area contributed by atoms with Crippen LogP contribution in [0.25, 0.3) is 0 Å². The first-order chi connectivity index (χ1) is 13.4. The molecule has 2 amide bonds. The van der Waals surface area contributed by atoms with Gasteiger partial charge in [-0.15, -0.1) is 0 Å². The summed E-state index contributed by atoms with van der Waals surface area (Å²) in [4.78, 5) is 38.5. The third-order valence-corrected chi connectivity index (χ3v) is 7.80. The zero-order chi connectivity index (χ0) is 21.6. The summed E-state index contributed by atoms with van der Waals surface area (Å²) in [5.41, 5.74) is -0.797. The molecule has 0 spiro atoms. The van der Waals surface area contributed by atoms with Gasteiger partial charge in [0.15, 0.2) is 0 Å². The van der Waals surface area contributed by atoms with Crippen molar-refractivity contribution >= 4 is 28.0 Å². The van der Waals surface area contributed by atoms with Gasteiger partial charge in [-0.1, -0.05) is 0 Å². The lowest BCUT2D eigenvalue weighted by atomic mass is 10.1. The molecule has 2 N–H and O–H groups in total. The highest BCUT2D eigenvalue weighted by Gasteiger charge is 2.48. The van der Waals surface area contributed by atoms with Gasteiger partial charge in [0.05, 0.1) is 5.25 Å². The number of nitrogens with one attached hydrogen (secondary N) is 1. The topological polar surface area (TPSA) is 133 Å². The smallest absolute Gasteiger partial charge is 0.408 e. The highest BCUT2D eigenvalue weighted by molar-refractivity contribution is 7.90. The molecule has 3 rings (SSSR count). The number of fused-ring (bicyclic) bond motifs is 1. The first kappa shape index (κ1) is 21.8. The maximum Gasteiger partial charge on any atom is 0.408 e. The number of carboxylic acids is 1. The predicted octanol–water partition coefficient (Wildman–Crippen LogP) is 0.522. The fraction of sp³-hybridized carbons (Fsp3) is 0.833. The van der Waals surface area contributed by atoms with Gasteiger partial charge in [-0.3, -0.25) is 4.79 Å². The second-order valence-electron chi connectivity index (χ2n) is 8.92. The molecule has 1 saturated carbocycles. The monoisotopic (exact) mass is 431 g/mol. The molecule has 2 saturated heterocycles. The Bertz CT molecular complexity index is 788. The number of sulfonamides is 1. The third-order valence-electron chi connectivity index (χ3n) is 5.43. The molecule has 3 fully saturated rings. The summed E-state index contributed by atoms with van der Waals surface area (Å²) < 4.78 is 32.1. The first-order valence-electron chi connectivity index (χ1n) is 9.93. The lowest BCUT2D eigenvalue weighted by Gasteiger charge is -2.37. The molecule has 1 aliphatic carbocycles. The van der Waals surface area contributed by atoms with E-state index in [0.717, 1.165) is 0 Å². The van der Waals surface area contributed by atoms with E-state index in [9.17, 15) is 27.9 Å². The fourth-order valence-electron chi connectivity index (χ4n) is 3.95. The minimum absolute atomic E-state index is 0.187. The minimum atomic E-state index is -3.56. The van der Waals surface area contributed by atoms with Crippen molar-refractivity contribution in [3.05, 3.63) is 0 Å². The van der Waals surface area contributed by atoms with E-state index in [4.69, 9.17) is 4.74 Å². The van der Waals surface area contributed by atoms with Gasteiger partial charge in [0.25, 0.3) is 0 Å². The van der Waals surface area contributed by atoms with Gasteiger partial charge in [-0.25, -0.2) is 18.0 Å². The number of alkyl carbamates (subject to hydrolysis) is 1. The van der Waals surface area contributed by atoms with Crippen molar-refractivity contribution < 1.29 is 32.6 Å². The van der Waals surface area contributed by atoms with Gasteiger partial charge in [0.1, 0.15) is 17.7 Å². The first-order valence-corrected chi connectivity index (χ1v) is 11.4. The molecule has 11 heteroatoms. The van der Waals surface area contributed by atoms with Gasteiger partial charge in [-0.05, 0) is 52.9 Å². The van der Waals surface area contributed by atoms with Crippen molar-refractivity contribution in [2.75, 3.05) is 13.1 Å². The van der Waals surface area contributed by atoms with Crippen LogP contribution in [0.1, 0.15) is 52.9 Å². The van der Waals surface area contributed by atoms with E-state index >= 15 is 0 Å². The maximum absolute atomic E-state index is 13.2. The van der Waals surface area contributed by atoms with E-state index in [2.05, 4.69) is 5.32 Å². The number of carboxylic acid groups (broad SMARTS) is 1. The Morgan fingerprint density at radius 1 is 1.14 bits per heavy atom. The van der Waals surface area contributed by atoms with Gasteiger partial charge in [0, 0.05) is 19.1 Å². The van der Waals surface area contributed by atoms with Crippen molar-refractivity contribution in [3.8, 4) is 0 Å². The molecule has 0 aromatic carbocycles. The summed E-state index contributed by atoms with van der Waals surface area (Å²) in [5.74, 6) is -1.68. The molecule has 3 aliphatic rings. The molecule has 0 radical (unpaired) electrons. The molecule has 0 aromatic heterocycles. The number of aliphatic carboxylic acids is 1. The molecular formula is C18H29N3O7S. The Labute approximate surface area is 170 Å². The summed E-state index contributed by atoms with van der Waals surface area (Å²) in [6.45, 7) is 4.98. The van der Waals surface area contributed by atoms with E-state index in [1.54, 1.807) is 20.8 Å². The lowest BCUT2D eigenvalue weighted by Crippen LogP contribution is -2.60. The van der Waals surface area contributed by atoms with Gasteiger partial charge >= 0.3 is 12.1 Å². The normalized spacial score (nSPS) is 29.0. The van der Waals surface area contributed by atoms with Crippen molar-refractivity contribution in [1.82, 2.24) is 14.5 Å². The summed E-state index contributed by atoms with van der Waals surface area (Å²) in [5, 5.41) is 11.5. The molecule has 2 aliphatic heterocycles. The number of rotatable bonds is 4. The zero-order valence-corrected chi connectivity index (χ0v) is 17.8. The van der Waals surface area contributed by atoms with Crippen LogP contribution in [0.15, 0.2) is 0 Å². The van der Waals surface area contributed by atoms with Crippen LogP contribution in [0, 0.1) is 0 Å². The molecule has 10 nitrogen and oxygen atoms in total. The fourth-order valence-corrected chi connectivity index (χ4v) is 5.82. The van der Waals surface area contributed by atoms with E-state index in [0.29, 0.717) is 32.1 Å². The standard InChI is InChI=1S/C18H29N3O7S/c1-18(2,3)28-17(25)19-13-10-20(29(26,27)12-5-6-12)9-8-11-4-7-14(16(23)24)21(11)15(13)22/h11-14H,4-10H2,1-3H3,(H,19,25)(H,23,24)/t11-,13+,14+/m1/s1. The summed E-state index contributed by atoms with van der Waals surface area (Å²) in [7, 11) is -3.56. The SMILES string of the molecule is CC(C)(C)OC(=O)N[C@H]1CN(S(=O)(=O)C2CC2)CC[C@H]2CC[C@@H](C(=O)O)N2C1=O. The zero-order valence-electron chi connectivity index (χ0n) is 17.0. The Balaban J connectivity index is 1.87. The Hall–Kier alpha value is -1.88. The molecule has 164 valence electrons. The number of hydrogen-bond donors (Lipinski definition) is 2. The molecule has 0 aromatic rings. The van der Waals surface area contributed by atoms with Crippen LogP contribution >= 0.6 is 0 Å². The Morgan fingerprint density at radius 3 is 2.34 bits per heavy atom. The molecule has 2 heterocycles. The van der Waals surface area contributed by atoms with E-state index in [-0.39, 0.29) is 19.1 Å². The second-order valence-corrected chi connectivity index (χ2v) is 11.1. The average Bonchev–Trinajstić information content (AvgIpc) is 3.35. The van der Waals surface area contributed by atoms with Crippen LogP contribution in [-0.2, 0) is 24.3 Å². The number of ether oxygens (including phenoxy) is 1. The lowest BCUT2D eigenvalue weighted by molar-refractivity contribution is -0.151. The Kier molecular flexibility index (Phi) is 5.83. The van der Waals surface area contributed by atoms with Crippen molar-refractivity contribution in [3.63, 3.8) is 0 Å².